The molecule has 6 heteroatoms. The molecule has 0 spiro atoms. The van der Waals surface area contributed by atoms with E-state index in [1.54, 1.807) is 4.90 Å². The van der Waals surface area contributed by atoms with Gasteiger partial charge in [0.1, 0.15) is 5.82 Å². The van der Waals surface area contributed by atoms with Crippen molar-refractivity contribution in [2.75, 3.05) is 19.7 Å². The largest absolute Gasteiger partial charge is 0.481 e. The molecule has 0 aliphatic carbocycles. The van der Waals surface area contributed by atoms with Crippen molar-refractivity contribution < 1.29 is 18.3 Å². The maximum absolute atomic E-state index is 13.4. The summed E-state index contributed by atoms with van der Waals surface area (Å²) in [6.45, 7) is 2.94. The maximum atomic E-state index is 13.4. The van der Waals surface area contributed by atoms with Gasteiger partial charge in [0.05, 0.1) is 0 Å². The molecule has 0 radical (unpaired) electrons. The van der Waals surface area contributed by atoms with Gasteiger partial charge in [-0.25, -0.2) is 8.78 Å². The van der Waals surface area contributed by atoms with Gasteiger partial charge < -0.3 is 15.4 Å². The summed E-state index contributed by atoms with van der Waals surface area (Å²) in [5.74, 6) is -1.53. The lowest BCUT2D eigenvalue weighted by atomic mass is 9.92. The Morgan fingerprint density at radius 3 is 2.95 bits per heavy atom. The number of benzene rings is 1. The molecular formula is C15H20F2N2O2. The molecule has 1 aliphatic rings. The van der Waals surface area contributed by atoms with Crippen LogP contribution >= 0.6 is 0 Å². The summed E-state index contributed by atoms with van der Waals surface area (Å²) in [6.07, 6.45) is 1.91. The topological polar surface area (TPSA) is 55.6 Å². The van der Waals surface area contributed by atoms with E-state index in [-0.39, 0.29) is 30.2 Å². The highest BCUT2D eigenvalue weighted by molar-refractivity contribution is 5.77. The van der Waals surface area contributed by atoms with E-state index in [9.17, 15) is 13.6 Å². The van der Waals surface area contributed by atoms with Crippen molar-refractivity contribution in [1.82, 2.24) is 4.90 Å². The second-order valence-electron chi connectivity index (χ2n) is 5.46. The number of hydrogen-bond donors (Lipinski definition) is 1. The van der Waals surface area contributed by atoms with Gasteiger partial charge in [0, 0.05) is 25.2 Å². The smallest absolute Gasteiger partial charge is 0.260 e. The molecule has 0 bridgehead atoms. The van der Waals surface area contributed by atoms with Crippen LogP contribution in [0.25, 0.3) is 0 Å². The number of halogens is 2. The second-order valence-corrected chi connectivity index (χ2v) is 5.46. The Morgan fingerprint density at radius 1 is 1.52 bits per heavy atom. The van der Waals surface area contributed by atoms with Gasteiger partial charge in [-0.05, 0) is 37.8 Å². The third kappa shape index (κ3) is 4.14. The summed E-state index contributed by atoms with van der Waals surface area (Å²) in [4.78, 5) is 13.8. The van der Waals surface area contributed by atoms with Crippen molar-refractivity contribution in [1.29, 1.82) is 0 Å². The fourth-order valence-electron chi connectivity index (χ4n) is 2.49. The minimum absolute atomic E-state index is 0.0380. The molecule has 2 N–H and O–H groups in total. The van der Waals surface area contributed by atoms with E-state index in [0.717, 1.165) is 25.0 Å². The minimum atomic E-state index is -0.810. The third-order valence-corrected chi connectivity index (χ3v) is 3.80. The lowest BCUT2D eigenvalue weighted by Crippen LogP contribution is -2.46. The van der Waals surface area contributed by atoms with E-state index < -0.39 is 11.6 Å². The average molecular weight is 298 g/mol. The van der Waals surface area contributed by atoms with Crippen LogP contribution in [0, 0.1) is 17.6 Å². The molecule has 1 saturated heterocycles. The molecule has 1 fully saturated rings. The summed E-state index contributed by atoms with van der Waals surface area (Å²) in [5, 5.41) is 0. The first-order valence-electron chi connectivity index (χ1n) is 7.08. The van der Waals surface area contributed by atoms with Gasteiger partial charge in [-0.15, -0.1) is 0 Å². The molecule has 0 unspecified atom stereocenters. The second kappa shape index (κ2) is 6.85. The lowest BCUT2D eigenvalue weighted by molar-refractivity contribution is -0.135. The molecule has 0 aromatic heterocycles. The zero-order valence-electron chi connectivity index (χ0n) is 12.0. The SMILES string of the molecule is C[C@H](N)[C@@H]1CCCN(C(=O)COc2ccc(F)cc2F)C1. The van der Waals surface area contributed by atoms with Crippen LogP contribution in [0.2, 0.25) is 0 Å². The Hall–Kier alpha value is -1.69. The van der Waals surface area contributed by atoms with Gasteiger partial charge in [-0.2, -0.15) is 0 Å². The van der Waals surface area contributed by atoms with Crippen LogP contribution in [0.3, 0.4) is 0 Å². The normalized spacial score (nSPS) is 20.2. The first-order chi connectivity index (χ1) is 9.97. The first kappa shape index (κ1) is 15.7. The molecule has 116 valence electrons. The van der Waals surface area contributed by atoms with E-state index >= 15 is 0 Å². The minimum Gasteiger partial charge on any atom is -0.481 e. The predicted molar refractivity (Wildman–Crippen MR) is 74.8 cm³/mol. The number of rotatable bonds is 4. The van der Waals surface area contributed by atoms with Crippen LogP contribution in [-0.2, 0) is 4.79 Å². The zero-order chi connectivity index (χ0) is 15.4. The predicted octanol–water partition coefficient (Wildman–Crippen LogP) is 1.93. The molecule has 1 aromatic carbocycles. The Kier molecular flexibility index (Phi) is 5.12. The zero-order valence-corrected chi connectivity index (χ0v) is 12.0. The van der Waals surface area contributed by atoms with Crippen molar-refractivity contribution in [2.24, 2.45) is 11.7 Å². The number of amides is 1. The summed E-state index contributed by atoms with van der Waals surface area (Å²) in [6, 6.07) is 3.04. The summed E-state index contributed by atoms with van der Waals surface area (Å²) in [7, 11) is 0. The number of carbonyl (C=O) groups is 1. The summed E-state index contributed by atoms with van der Waals surface area (Å²) < 4.78 is 31.3. The number of ether oxygens (including phenoxy) is 1. The molecule has 2 rings (SSSR count). The van der Waals surface area contributed by atoms with Crippen LogP contribution in [0.15, 0.2) is 18.2 Å². The number of nitrogens with zero attached hydrogens (tertiary/aromatic N) is 1. The Bertz CT molecular complexity index is 508. The lowest BCUT2D eigenvalue weighted by Gasteiger charge is -2.34. The van der Waals surface area contributed by atoms with E-state index in [1.807, 2.05) is 6.92 Å². The van der Waals surface area contributed by atoms with Gasteiger partial charge in [0.15, 0.2) is 18.2 Å². The Balaban J connectivity index is 1.89. The highest BCUT2D eigenvalue weighted by Crippen LogP contribution is 2.20. The fraction of sp³-hybridized carbons (Fsp3) is 0.533. The Morgan fingerprint density at radius 2 is 2.29 bits per heavy atom. The highest BCUT2D eigenvalue weighted by atomic mass is 19.1. The van der Waals surface area contributed by atoms with Crippen molar-refractivity contribution >= 4 is 5.91 Å². The van der Waals surface area contributed by atoms with Crippen LogP contribution in [-0.4, -0.2) is 36.5 Å². The molecule has 1 aliphatic heterocycles. The monoisotopic (exact) mass is 298 g/mol. The Labute approximate surface area is 122 Å². The molecular weight excluding hydrogens is 278 g/mol. The quantitative estimate of drug-likeness (QED) is 0.924. The van der Waals surface area contributed by atoms with E-state index in [0.29, 0.717) is 13.1 Å². The van der Waals surface area contributed by atoms with Crippen molar-refractivity contribution in [3.8, 4) is 5.75 Å². The average Bonchev–Trinajstić information content (AvgIpc) is 2.46. The van der Waals surface area contributed by atoms with Crippen LogP contribution in [0.1, 0.15) is 19.8 Å². The van der Waals surface area contributed by atoms with Crippen LogP contribution in [0.4, 0.5) is 8.78 Å². The molecule has 0 saturated carbocycles. The number of piperidine rings is 1. The highest BCUT2D eigenvalue weighted by Gasteiger charge is 2.26. The van der Waals surface area contributed by atoms with E-state index in [2.05, 4.69) is 0 Å². The van der Waals surface area contributed by atoms with Crippen molar-refractivity contribution in [3.05, 3.63) is 29.8 Å². The van der Waals surface area contributed by atoms with Gasteiger partial charge >= 0.3 is 0 Å². The van der Waals surface area contributed by atoms with Gasteiger partial charge in [-0.1, -0.05) is 0 Å². The van der Waals surface area contributed by atoms with Crippen LogP contribution in [0.5, 0.6) is 5.75 Å². The molecule has 4 nitrogen and oxygen atoms in total. The van der Waals surface area contributed by atoms with E-state index in [4.69, 9.17) is 10.5 Å². The van der Waals surface area contributed by atoms with Crippen molar-refractivity contribution in [3.63, 3.8) is 0 Å². The van der Waals surface area contributed by atoms with Crippen molar-refractivity contribution in [2.45, 2.75) is 25.8 Å². The molecule has 2 atom stereocenters. The summed E-state index contributed by atoms with van der Waals surface area (Å²) in [5.41, 5.74) is 5.87. The molecule has 21 heavy (non-hydrogen) atoms. The van der Waals surface area contributed by atoms with Gasteiger partial charge in [-0.3, -0.25) is 4.79 Å². The first-order valence-corrected chi connectivity index (χ1v) is 7.08. The van der Waals surface area contributed by atoms with E-state index in [1.165, 1.54) is 6.07 Å². The number of carbonyl (C=O) groups excluding carboxylic acids is 1. The molecule has 1 aromatic rings. The fourth-order valence-corrected chi connectivity index (χ4v) is 2.49. The van der Waals surface area contributed by atoms with Gasteiger partial charge in [0.2, 0.25) is 0 Å². The number of nitrogens with two attached hydrogens (primary N) is 1. The number of likely N-dealkylation sites (tertiary alicyclic amines) is 1. The van der Waals surface area contributed by atoms with Gasteiger partial charge in [0.25, 0.3) is 5.91 Å². The standard InChI is InChI=1S/C15H20F2N2O2/c1-10(18)11-3-2-6-19(8-11)15(20)9-21-14-5-4-12(16)7-13(14)17/h4-5,7,10-11H,2-3,6,8-9,18H2,1H3/t10-,11+/m0/s1. The summed E-state index contributed by atoms with van der Waals surface area (Å²) >= 11 is 0. The van der Waals surface area contributed by atoms with Crippen LogP contribution < -0.4 is 10.5 Å². The third-order valence-electron chi connectivity index (χ3n) is 3.80. The maximum Gasteiger partial charge on any atom is 0.260 e. The number of hydrogen-bond acceptors (Lipinski definition) is 3. The molecule has 1 heterocycles. The molecule has 1 amide bonds.